The van der Waals surface area contributed by atoms with Crippen LogP contribution in [0.4, 0.5) is 0 Å². The van der Waals surface area contributed by atoms with Gasteiger partial charge < -0.3 is 10.2 Å². The fraction of sp³-hybridized carbons (Fsp3) is 0.333. The third kappa shape index (κ3) is 3.41. The number of aliphatic hydroxyl groups excluding tert-OH is 2. The van der Waals surface area contributed by atoms with Crippen LogP contribution in [0.3, 0.4) is 0 Å². The lowest BCUT2D eigenvalue weighted by Gasteiger charge is -1.88. The molecule has 2 N–H and O–H groups in total. The van der Waals surface area contributed by atoms with Crippen molar-refractivity contribution >= 4 is 0 Å². The molecule has 0 aromatic carbocycles. The molecule has 0 rings (SSSR count). The molecule has 0 saturated heterocycles. The maximum absolute atomic E-state index is 8.56. The van der Waals surface area contributed by atoms with Crippen LogP contribution < -0.4 is 0 Å². The zero-order valence-electron chi connectivity index (χ0n) is 4.41. The maximum Gasteiger partial charge on any atom is 0.133 e. The van der Waals surface area contributed by atoms with Gasteiger partial charge in [-0.25, -0.2) is 0 Å². The Morgan fingerprint density at radius 2 is 2.38 bits per heavy atom. The normalized spacial score (nSPS) is 13.6. The van der Waals surface area contributed by atoms with Gasteiger partial charge in [0.05, 0.1) is 6.61 Å². The Morgan fingerprint density at radius 1 is 1.75 bits per heavy atom. The highest BCUT2D eigenvalue weighted by Gasteiger charge is 1.85. The molecule has 1 atom stereocenters. The van der Waals surface area contributed by atoms with Gasteiger partial charge in [0.2, 0.25) is 0 Å². The standard InChI is InChI=1S/C6H8O2/c1-2-6(8)4-3-5-7/h1,3-4,6-8H,5H2. The van der Waals surface area contributed by atoms with Crippen molar-refractivity contribution in [2.24, 2.45) is 0 Å². The Balaban J connectivity index is 3.40. The molecular formula is C6H8O2. The highest BCUT2D eigenvalue weighted by atomic mass is 16.3. The predicted octanol–water partition coefficient (Wildman–Crippen LogP) is -0.471. The molecule has 0 aromatic rings. The van der Waals surface area contributed by atoms with Crippen molar-refractivity contribution in [3.8, 4) is 12.3 Å². The Hall–Kier alpha value is -0.780. The van der Waals surface area contributed by atoms with Gasteiger partial charge in [-0.1, -0.05) is 12.0 Å². The lowest BCUT2D eigenvalue weighted by molar-refractivity contribution is 0.278. The van der Waals surface area contributed by atoms with E-state index >= 15 is 0 Å². The minimum absolute atomic E-state index is 0.0846. The van der Waals surface area contributed by atoms with Crippen molar-refractivity contribution in [2.45, 2.75) is 6.10 Å². The highest BCUT2D eigenvalue weighted by Crippen LogP contribution is 1.79. The van der Waals surface area contributed by atoms with Crippen LogP contribution >= 0.6 is 0 Å². The van der Waals surface area contributed by atoms with Gasteiger partial charge in [0.25, 0.3) is 0 Å². The number of rotatable bonds is 2. The molecule has 0 saturated carbocycles. The van der Waals surface area contributed by atoms with Crippen molar-refractivity contribution in [2.75, 3.05) is 6.61 Å². The van der Waals surface area contributed by atoms with Crippen molar-refractivity contribution in [3.63, 3.8) is 0 Å². The van der Waals surface area contributed by atoms with Gasteiger partial charge in [-0.05, 0) is 6.08 Å². The fourth-order valence-corrected chi connectivity index (χ4v) is 0.245. The molecule has 0 bridgehead atoms. The second-order valence-electron chi connectivity index (χ2n) is 1.22. The molecule has 8 heavy (non-hydrogen) atoms. The lowest BCUT2D eigenvalue weighted by Crippen LogP contribution is -1.95. The SMILES string of the molecule is C#CC(O)C=CCO. The van der Waals surface area contributed by atoms with Crippen LogP contribution in [-0.2, 0) is 0 Å². The molecule has 0 fully saturated rings. The topological polar surface area (TPSA) is 40.5 Å². The average Bonchev–Trinajstić information content (AvgIpc) is 1.83. The zero-order valence-corrected chi connectivity index (χ0v) is 4.41. The minimum Gasteiger partial charge on any atom is -0.392 e. The van der Waals surface area contributed by atoms with E-state index in [4.69, 9.17) is 16.6 Å². The lowest BCUT2D eigenvalue weighted by atomic mass is 10.3. The molecule has 0 aliphatic carbocycles. The van der Waals surface area contributed by atoms with Crippen molar-refractivity contribution < 1.29 is 10.2 Å². The van der Waals surface area contributed by atoms with Crippen LogP contribution in [-0.4, -0.2) is 22.9 Å². The summed E-state index contributed by atoms with van der Waals surface area (Å²) in [5, 5.41) is 16.7. The third-order valence-electron chi connectivity index (χ3n) is 0.595. The molecule has 44 valence electrons. The van der Waals surface area contributed by atoms with E-state index in [-0.39, 0.29) is 6.61 Å². The summed E-state index contributed by atoms with van der Waals surface area (Å²) in [6, 6.07) is 0. The van der Waals surface area contributed by atoms with E-state index in [1.165, 1.54) is 12.2 Å². The monoisotopic (exact) mass is 112 g/mol. The first-order valence-corrected chi connectivity index (χ1v) is 2.23. The van der Waals surface area contributed by atoms with Gasteiger partial charge in [-0.3, -0.25) is 0 Å². The predicted molar refractivity (Wildman–Crippen MR) is 31.1 cm³/mol. The molecule has 2 heteroatoms. The second-order valence-corrected chi connectivity index (χ2v) is 1.22. The Bertz CT molecular complexity index is 110. The zero-order chi connectivity index (χ0) is 6.41. The number of terminal acetylenes is 1. The maximum atomic E-state index is 8.56. The largest absolute Gasteiger partial charge is 0.392 e. The summed E-state index contributed by atoms with van der Waals surface area (Å²) in [5.74, 6) is 2.06. The van der Waals surface area contributed by atoms with Crippen molar-refractivity contribution in [3.05, 3.63) is 12.2 Å². The van der Waals surface area contributed by atoms with Gasteiger partial charge in [0.15, 0.2) is 0 Å². The number of hydrogen-bond acceptors (Lipinski definition) is 2. The van der Waals surface area contributed by atoms with Crippen LogP contribution in [0.5, 0.6) is 0 Å². The Morgan fingerprint density at radius 3 is 2.75 bits per heavy atom. The Kier molecular flexibility index (Phi) is 3.95. The van der Waals surface area contributed by atoms with E-state index in [1.807, 2.05) is 0 Å². The van der Waals surface area contributed by atoms with Gasteiger partial charge in [0, 0.05) is 0 Å². The van der Waals surface area contributed by atoms with Crippen LogP contribution in [0, 0.1) is 12.3 Å². The van der Waals surface area contributed by atoms with E-state index in [0.29, 0.717) is 0 Å². The highest BCUT2D eigenvalue weighted by molar-refractivity contribution is 5.05. The van der Waals surface area contributed by atoms with Gasteiger partial charge >= 0.3 is 0 Å². The summed E-state index contributed by atoms with van der Waals surface area (Å²) >= 11 is 0. The molecule has 0 amide bonds. The molecule has 1 unspecified atom stereocenters. The van der Waals surface area contributed by atoms with E-state index in [9.17, 15) is 0 Å². The molecule has 0 aromatic heterocycles. The summed E-state index contributed by atoms with van der Waals surface area (Å²) < 4.78 is 0. The van der Waals surface area contributed by atoms with Crippen LogP contribution in [0.1, 0.15) is 0 Å². The molecule has 0 spiro atoms. The summed E-state index contributed by atoms with van der Waals surface area (Å²) in [6.07, 6.45) is 6.66. The Labute approximate surface area is 48.5 Å². The molecule has 0 heterocycles. The first-order chi connectivity index (χ1) is 3.81. The third-order valence-corrected chi connectivity index (χ3v) is 0.595. The van der Waals surface area contributed by atoms with Gasteiger partial charge in [0.1, 0.15) is 6.10 Å². The summed E-state index contributed by atoms with van der Waals surface area (Å²) in [5.41, 5.74) is 0. The molecule has 0 aliphatic heterocycles. The van der Waals surface area contributed by atoms with Crippen LogP contribution in [0.2, 0.25) is 0 Å². The van der Waals surface area contributed by atoms with Crippen molar-refractivity contribution in [1.82, 2.24) is 0 Å². The first kappa shape index (κ1) is 7.22. The minimum atomic E-state index is -0.859. The fourth-order valence-electron chi connectivity index (χ4n) is 0.245. The summed E-state index contributed by atoms with van der Waals surface area (Å²) in [6.45, 7) is -0.0846. The second kappa shape index (κ2) is 4.38. The summed E-state index contributed by atoms with van der Waals surface area (Å²) in [7, 11) is 0. The first-order valence-electron chi connectivity index (χ1n) is 2.23. The average molecular weight is 112 g/mol. The van der Waals surface area contributed by atoms with E-state index in [1.54, 1.807) is 0 Å². The van der Waals surface area contributed by atoms with Gasteiger partial charge in [-0.2, -0.15) is 0 Å². The van der Waals surface area contributed by atoms with Gasteiger partial charge in [-0.15, -0.1) is 6.42 Å². The molecule has 2 nitrogen and oxygen atoms in total. The molecule has 0 radical (unpaired) electrons. The van der Waals surface area contributed by atoms with E-state index < -0.39 is 6.10 Å². The van der Waals surface area contributed by atoms with Crippen LogP contribution in [0.15, 0.2) is 12.2 Å². The molecule has 0 aliphatic rings. The smallest absolute Gasteiger partial charge is 0.133 e. The van der Waals surface area contributed by atoms with Crippen molar-refractivity contribution in [1.29, 1.82) is 0 Å². The summed E-state index contributed by atoms with van der Waals surface area (Å²) in [4.78, 5) is 0. The number of hydrogen-bond donors (Lipinski definition) is 2. The van der Waals surface area contributed by atoms with E-state index in [0.717, 1.165) is 0 Å². The quantitative estimate of drug-likeness (QED) is 0.374. The van der Waals surface area contributed by atoms with E-state index in [2.05, 4.69) is 5.92 Å². The van der Waals surface area contributed by atoms with Crippen LogP contribution in [0.25, 0.3) is 0 Å². The number of aliphatic hydroxyl groups is 2. The molecular weight excluding hydrogens is 104 g/mol.